The standard InChI is InChI=1S/C13H16FNO3/c1-7(2)11(13(17)18)15-12(16)9-4-8(3)5-10(14)6-9/h4-7,11H,1-3H3,(H,15,16)(H,17,18)/t11-/m1/s1. The van der Waals surface area contributed by atoms with E-state index in [-0.39, 0.29) is 11.5 Å². The lowest BCUT2D eigenvalue weighted by atomic mass is 10.0. The molecule has 0 aromatic heterocycles. The smallest absolute Gasteiger partial charge is 0.326 e. The maximum Gasteiger partial charge on any atom is 0.326 e. The predicted molar refractivity (Wildman–Crippen MR) is 64.9 cm³/mol. The Morgan fingerprint density at radius 3 is 2.33 bits per heavy atom. The number of carbonyl (C=O) groups is 2. The summed E-state index contributed by atoms with van der Waals surface area (Å²) < 4.78 is 13.1. The van der Waals surface area contributed by atoms with Gasteiger partial charge >= 0.3 is 5.97 Å². The normalized spacial score (nSPS) is 12.3. The zero-order valence-electron chi connectivity index (χ0n) is 10.5. The molecule has 98 valence electrons. The van der Waals surface area contributed by atoms with Crippen LogP contribution in [0.15, 0.2) is 18.2 Å². The number of aryl methyl sites for hydroxylation is 1. The van der Waals surface area contributed by atoms with E-state index in [1.54, 1.807) is 20.8 Å². The molecule has 0 aliphatic rings. The molecule has 1 amide bonds. The second-order valence-corrected chi connectivity index (χ2v) is 4.55. The van der Waals surface area contributed by atoms with E-state index >= 15 is 0 Å². The van der Waals surface area contributed by atoms with Crippen molar-refractivity contribution in [1.29, 1.82) is 0 Å². The maximum absolute atomic E-state index is 13.1. The van der Waals surface area contributed by atoms with E-state index in [0.29, 0.717) is 5.56 Å². The third kappa shape index (κ3) is 3.55. The van der Waals surface area contributed by atoms with Gasteiger partial charge in [0.05, 0.1) is 0 Å². The van der Waals surface area contributed by atoms with Crippen molar-refractivity contribution < 1.29 is 19.1 Å². The van der Waals surface area contributed by atoms with Gasteiger partial charge in [-0.2, -0.15) is 0 Å². The van der Waals surface area contributed by atoms with Crippen molar-refractivity contribution in [2.45, 2.75) is 26.8 Å². The van der Waals surface area contributed by atoms with Gasteiger partial charge in [0.15, 0.2) is 0 Å². The summed E-state index contributed by atoms with van der Waals surface area (Å²) in [5.41, 5.74) is 0.732. The minimum absolute atomic E-state index is 0.124. The van der Waals surface area contributed by atoms with Gasteiger partial charge in [-0.25, -0.2) is 9.18 Å². The Balaban J connectivity index is 2.90. The van der Waals surface area contributed by atoms with Gasteiger partial charge in [-0.1, -0.05) is 13.8 Å². The molecule has 1 aromatic carbocycles. The van der Waals surface area contributed by atoms with E-state index < -0.39 is 23.7 Å². The number of aliphatic carboxylic acids is 1. The summed E-state index contributed by atoms with van der Waals surface area (Å²) >= 11 is 0. The second-order valence-electron chi connectivity index (χ2n) is 4.55. The molecule has 0 saturated heterocycles. The third-order valence-electron chi connectivity index (χ3n) is 2.52. The first-order valence-corrected chi connectivity index (χ1v) is 5.62. The predicted octanol–water partition coefficient (Wildman–Crippen LogP) is 1.97. The van der Waals surface area contributed by atoms with Crippen LogP contribution in [0.4, 0.5) is 4.39 Å². The number of carbonyl (C=O) groups excluding carboxylic acids is 1. The number of benzene rings is 1. The quantitative estimate of drug-likeness (QED) is 0.862. The molecule has 0 aliphatic carbocycles. The number of carboxylic acids is 1. The summed E-state index contributed by atoms with van der Waals surface area (Å²) in [6.45, 7) is 5.04. The van der Waals surface area contributed by atoms with E-state index in [0.717, 1.165) is 6.07 Å². The van der Waals surface area contributed by atoms with Crippen molar-refractivity contribution in [3.63, 3.8) is 0 Å². The summed E-state index contributed by atoms with van der Waals surface area (Å²) in [6, 6.07) is 2.91. The molecule has 0 heterocycles. The van der Waals surface area contributed by atoms with Crippen LogP contribution in [0.5, 0.6) is 0 Å². The van der Waals surface area contributed by atoms with Crippen LogP contribution in [-0.4, -0.2) is 23.0 Å². The number of rotatable bonds is 4. The Morgan fingerprint density at radius 2 is 1.89 bits per heavy atom. The van der Waals surface area contributed by atoms with Crippen LogP contribution in [0.3, 0.4) is 0 Å². The van der Waals surface area contributed by atoms with Crippen molar-refractivity contribution in [1.82, 2.24) is 5.32 Å². The number of amides is 1. The molecule has 0 aliphatic heterocycles. The molecule has 0 fully saturated rings. The highest BCUT2D eigenvalue weighted by Crippen LogP contribution is 2.10. The van der Waals surface area contributed by atoms with Crippen molar-refractivity contribution >= 4 is 11.9 Å². The second kappa shape index (κ2) is 5.62. The first kappa shape index (κ1) is 14.2. The SMILES string of the molecule is Cc1cc(F)cc(C(=O)N[C@@H](C(=O)O)C(C)C)c1. The van der Waals surface area contributed by atoms with Crippen molar-refractivity contribution in [2.75, 3.05) is 0 Å². The third-order valence-corrected chi connectivity index (χ3v) is 2.52. The summed E-state index contributed by atoms with van der Waals surface area (Å²) in [5.74, 6) is -2.46. The molecule has 18 heavy (non-hydrogen) atoms. The fourth-order valence-corrected chi connectivity index (χ4v) is 1.61. The fraction of sp³-hybridized carbons (Fsp3) is 0.385. The largest absolute Gasteiger partial charge is 0.480 e. The van der Waals surface area contributed by atoms with Gasteiger partial charge in [0, 0.05) is 5.56 Å². The maximum atomic E-state index is 13.1. The molecular formula is C13H16FNO3. The molecule has 1 aromatic rings. The van der Waals surface area contributed by atoms with Gasteiger partial charge in [-0.05, 0) is 36.6 Å². The van der Waals surface area contributed by atoms with Crippen LogP contribution in [-0.2, 0) is 4.79 Å². The molecule has 4 nitrogen and oxygen atoms in total. The lowest BCUT2D eigenvalue weighted by Crippen LogP contribution is -2.44. The Kier molecular flexibility index (Phi) is 4.42. The molecule has 0 radical (unpaired) electrons. The number of halogens is 1. The van der Waals surface area contributed by atoms with Crippen molar-refractivity contribution in [3.05, 3.63) is 35.1 Å². The van der Waals surface area contributed by atoms with E-state index in [9.17, 15) is 14.0 Å². The summed E-state index contributed by atoms with van der Waals surface area (Å²) in [4.78, 5) is 22.8. The molecule has 0 bridgehead atoms. The Morgan fingerprint density at radius 1 is 1.28 bits per heavy atom. The van der Waals surface area contributed by atoms with Gasteiger partial charge in [0.2, 0.25) is 0 Å². The monoisotopic (exact) mass is 253 g/mol. The van der Waals surface area contributed by atoms with Crippen molar-refractivity contribution in [3.8, 4) is 0 Å². The number of carboxylic acid groups (broad SMARTS) is 1. The van der Waals surface area contributed by atoms with Gasteiger partial charge in [0.25, 0.3) is 5.91 Å². The van der Waals surface area contributed by atoms with Crippen LogP contribution < -0.4 is 5.32 Å². The van der Waals surface area contributed by atoms with E-state index in [1.165, 1.54) is 12.1 Å². The molecule has 0 unspecified atom stereocenters. The minimum Gasteiger partial charge on any atom is -0.480 e. The lowest BCUT2D eigenvalue weighted by molar-refractivity contribution is -0.140. The molecule has 1 rings (SSSR count). The van der Waals surface area contributed by atoms with Crippen LogP contribution >= 0.6 is 0 Å². The zero-order valence-corrected chi connectivity index (χ0v) is 10.5. The highest BCUT2D eigenvalue weighted by molar-refractivity contribution is 5.96. The molecular weight excluding hydrogens is 237 g/mol. The molecule has 0 saturated carbocycles. The van der Waals surface area contributed by atoms with Gasteiger partial charge in [-0.15, -0.1) is 0 Å². The summed E-state index contributed by atoms with van der Waals surface area (Å²) in [7, 11) is 0. The van der Waals surface area contributed by atoms with Gasteiger partial charge < -0.3 is 10.4 Å². The Hall–Kier alpha value is -1.91. The van der Waals surface area contributed by atoms with Gasteiger partial charge in [0.1, 0.15) is 11.9 Å². The van der Waals surface area contributed by atoms with E-state index in [1.807, 2.05) is 0 Å². The summed E-state index contributed by atoms with van der Waals surface area (Å²) in [5, 5.41) is 11.3. The Bertz CT molecular complexity index is 451. The highest BCUT2D eigenvalue weighted by atomic mass is 19.1. The first-order chi connectivity index (χ1) is 8.31. The van der Waals surface area contributed by atoms with E-state index in [4.69, 9.17) is 5.11 Å². The Labute approximate surface area is 105 Å². The number of hydrogen-bond donors (Lipinski definition) is 2. The molecule has 5 heteroatoms. The fourth-order valence-electron chi connectivity index (χ4n) is 1.61. The number of nitrogens with one attached hydrogen (secondary N) is 1. The molecule has 2 N–H and O–H groups in total. The molecule has 0 spiro atoms. The van der Waals surface area contributed by atoms with Crippen LogP contribution in [0.2, 0.25) is 0 Å². The van der Waals surface area contributed by atoms with Crippen LogP contribution in [0.1, 0.15) is 29.8 Å². The minimum atomic E-state index is -1.11. The average Bonchev–Trinajstić information content (AvgIpc) is 2.23. The van der Waals surface area contributed by atoms with E-state index in [2.05, 4.69) is 5.32 Å². The number of hydrogen-bond acceptors (Lipinski definition) is 2. The zero-order chi connectivity index (χ0) is 13.9. The van der Waals surface area contributed by atoms with Crippen LogP contribution in [0, 0.1) is 18.7 Å². The molecule has 1 atom stereocenters. The summed E-state index contributed by atoms with van der Waals surface area (Å²) in [6.07, 6.45) is 0. The highest BCUT2D eigenvalue weighted by Gasteiger charge is 2.24. The lowest BCUT2D eigenvalue weighted by Gasteiger charge is -2.18. The topological polar surface area (TPSA) is 66.4 Å². The van der Waals surface area contributed by atoms with Crippen LogP contribution in [0.25, 0.3) is 0 Å². The average molecular weight is 253 g/mol. The van der Waals surface area contributed by atoms with Gasteiger partial charge in [-0.3, -0.25) is 4.79 Å². The van der Waals surface area contributed by atoms with Crippen molar-refractivity contribution in [2.24, 2.45) is 5.92 Å². The first-order valence-electron chi connectivity index (χ1n) is 5.62.